The maximum absolute atomic E-state index is 13.1. The minimum atomic E-state index is -4.96. The van der Waals surface area contributed by atoms with Crippen LogP contribution < -0.4 is 0 Å². The molecule has 0 aromatic carbocycles. The Kier molecular flexibility index (Phi) is 74.4. The molecule has 0 aliphatic rings. The van der Waals surface area contributed by atoms with Gasteiger partial charge in [-0.25, -0.2) is 9.13 Å². The first kappa shape index (κ1) is 100. The highest BCUT2D eigenvalue weighted by atomic mass is 31.2. The fraction of sp³-hybridized carbons (Fsp3) is 0.952. The first-order valence-corrected chi connectivity index (χ1v) is 46.1. The van der Waals surface area contributed by atoms with Crippen LogP contribution in [0.1, 0.15) is 446 Å². The van der Waals surface area contributed by atoms with Gasteiger partial charge in [0.2, 0.25) is 0 Å². The van der Waals surface area contributed by atoms with Crippen molar-refractivity contribution in [1.82, 2.24) is 0 Å². The van der Waals surface area contributed by atoms with Crippen LogP contribution in [0.4, 0.5) is 0 Å². The van der Waals surface area contributed by atoms with E-state index in [0.717, 1.165) is 96.3 Å². The van der Waals surface area contributed by atoms with Crippen molar-refractivity contribution < 1.29 is 80.2 Å². The largest absolute Gasteiger partial charge is 0.472 e. The molecule has 0 aliphatic heterocycles. The third kappa shape index (κ3) is 76.3. The van der Waals surface area contributed by atoms with Gasteiger partial charge < -0.3 is 33.8 Å². The molecule has 102 heavy (non-hydrogen) atoms. The third-order valence-corrected chi connectivity index (χ3v) is 21.4. The summed E-state index contributed by atoms with van der Waals surface area (Å²) in [7, 11) is -9.92. The Labute approximate surface area is 626 Å². The average molecular weight is 1490 g/mol. The van der Waals surface area contributed by atoms with Crippen LogP contribution in [0.5, 0.6) is 0 Å². The standard InChI is InChI=1S/C83H162O17P2/c1-6-9-12-15-18-21-24-27-30-33-34-35-36-37-40-43-46-49-52-59-64-68-82(87)99-78(72-93-80(85)66-61-56-50-47-44-41-38-31-28-25-22-19-16-13-10-7-2)74-97-101(89,90)95-70-77(84)71-96-102(91,92)98-75-79(73-94-81(86)67-62-57-54-53-55-60-65-76(4)5)100-83(88)69-63-58-51-48-45-42-39-32-29-26-23-20-17-14-11-8-3/h76-79,84H,6-75H2,1-5H3,(H,89,90)(H,91,92)/t77-,78-,79-/m1/s1. The Morgan fingerprint density at radius 1 is 0.265 bits per heavy atom. The molecule has 0 aromatic heterocycles. The summed E-state index contributed by atoms with van der Waals surface area (Å²) < 4.78 is 68.8. The molecule has 606 valence electrons. The fourth-order valence-electron chi connectivity index (χ4n) is 12.9. The zero-order chi connectivity index (χ0) is 74.8. The van der Waals surface area contributed by atoms with Gasteiger partial charge in [-0.15, -0.1) is 0 Å². The smallest absolute Gasteiger partial charge is 0.462 e. The molecule has 0 amide bonds. The molecule has 0 fully saturated rings. The third-order valence-electron chi connectivity index (χ3n) is 19.5. The fourth-order valence-corrected chi connectivity index (χ4v) is 14.5. The number of rotatable bonds is 83. The number of carbonyl (C=O) groups excluding carboxylic acids is 4. The molecule has 17 nitrogen and oxygen atoms in total. The van der Waals surface area contributed by atoms with E-state index in [0.29, 0.717) is 31.6 Å². The maximum Gasteiger partial charge on any atom is 0.472 e. The van der Waals surface area contributed by atoms with Crippen molar-refractivity contribution in [3.05, 3.63) is 0 Å². The van der Waals surface area contributed by atoms with E-state index in [-0.39, 0.29) is 25.7 Å². The van der Waals surface area contributed by atoms with E-state index in [9.17, 15) is 43.2 Å². The number of phosphoric ester groups is 2. The Balaban J connectivity index is 5.20. The van der Waals surface area contributed by atoms with Crippen molar-refractivity contribution in [1.29, 1.82) is 0 Å². The van der Waals surface area contributed by atoms with E-state index in [2.05, 4.69) is 34.6 Å². The summed E-state index contributed by atoms with van der Waals surface area (Å²) in [5.74, 6) is -1.43. The second-order valence-electron chi connectivity index (χ2n) is 30.3. The van der Waals surface area contributed by atoms with E-state index in [1.165, 1.54) is 263 Å². The van der Waals surface area contributed by atoms with E-state index < -0.39 is 97.5 Å². The number of carbonyl (C=O) groups is 4. The Bertz CT molecular complexity index is 1940. The number of unbranched alkanes of at least 4 members (excludes halogenated alkanes) is 55. The number of hydrogen-bond donors (Lipinski definition) is 3. The molecule has 0 rings (SSSR count). The molecule has 0 aliphatic carbocycles. The second-order valence-corrected chi connectivity index (χ2v) is 33.3. The van der Waals surface area contributed by atoms with Crippen LogP contribution in [-0.2, 0) is 65.4 Å². The molecule has 5 atom stereocenters. The number of hydrogen-bond acceptors (Lipinski definition) is 15. The van der Waals surface area contributed by atoms with Crippen molar-refractivity contribution in [2.24, 2.45) is 5.92 Å². The van der Waals surface area contributed by atoms with Crippen LogP contribution >= 0.6 is 15.6 Å². The van der Waals surface area contributed by atoms with E-state index in [1.807, 2.05) is 0 Å². The van der Waals surface area contributed by atoms with Gasteiger partial charge in [0.15, 0.2) is 12.2 Å². The second kappa shape index (κ2) is 75.9. The van der Waals surface area contributed by atoms with Gasteiger partial charge in [0.25, 0.3) is 0 Å². The van der Waals surface area contributed by atoms with Crippen molar-refractivity contribution in [2.75, 3.05) is 39.6 Å². The summed E-state index contributed by atoms with van der Waals surface area (Å²) in [6.07, 6.45) is 68.2. The summed E-state index contributed by atoms with van der Waals surface area (Å²) in [6, 6.07) is 0. The van der Waals surface area contributed by atoms with E-state index >= 15 is 0 Å². The molecule has 19 heteroatoms. The topological polar surface area (TPSA) is 237 Å². The average Bonchev–Trinajstić information content (AvgIpc) is 0.913. The highest BCUT2D eigenvalue weighted by Gasteiger charge is 2.30. The normalized spacial score (nSPS) is 13.8. The summed E-state index contributed by atoms with van der Waals surface area (Å²) in [4.78, 5) is 73.1. The lowest BCUT2D eigenvalue weighted by Crippen LogP contribution is -2.30. The predicted octanol–water partition coefficient (Wildman–Crippen LogP) is 25.2. The van der Waals surface area contributed by atoms with Crippen molar-refractivity contribution in [3.63, 3.8) is 0 Å². The van der Waals surface area contributed by atoms with Crippen LogP contribution in [0, 0.1) is 5.92 Å². The number of ether oxygens (including phenoxy) is 4. The summed E-state index contributed by atoms with van der Waals surface area (Å²) in [6.45, 7) is 7.26. The Hall–Kier alpha value is -1.94. The monoisotopic (exact) mass is 1490 g/mol. The first-order valence-electron chi connectivity index (χ1n) is 43.1. The zero-order valence-corrected chi connectivity index (χ0v) is 68.5. The van der Waals surface area contributed by atoms with Gasteiger partial charge in [0.1, 0.15) is 19.3 Å². The van der Waals surface area contributed by atoms with Crippen molar-refractivity contribution in [3.8, 4) is 0 Å². The highest BCUT2D eigenvalue weighted by molar-refractivity contribution is 7.47. The van der Waals surface area contributed by atoms with Crippen molar-refractivity contribution >= 4 is 39.5 Å². The Morgan fingerprint density at radius 2 is 0.451 bits per heavy atom. The summed E-state index contributed by atoms with van der Waals surface area (Å²) in [5.41, 5.74) is 0. The van der Waals surface area contributed by atoms with Crippen molar-refractivity contribution in [2.45, 2.75) is 464 Å². The van der Waals surface area contributed by atoms with Gasteiger partial charge in [-0.2, -0.15) is 0 Å². The van der Waals surface area contributed by atoms with Gasteiger partial charge in [0, 0.05) is 25.7 Å². The quantitative estimate of drug-likeness (QED) is 0.0222. The maximum atomic E-state index is 13.1. The molecule has 0 radical (unpaired) electrons. The van der Waals surface area contributed by atoms with Gasteiger partial charge in [-0.3, -0.25) is 37.3 Å². The molecule has 0 heterocycles. The highest BCUT2D eigenvalue weighted by Crippen LogP contribution is 2.45. The van der Waals surface area contributed by atoms with Crippen LogP contribution in [0.25, 0.3) is 0 Å². The first-order chi connectivity index (χ1) is 49.5. The molecular weight excluding hydrogens is 1330 g/mol. The molecule has 0 aromatic rings. The minimum absolute atomic E-state index is 0.108. The minimum Gasteiger partial charge on any atom is -0.462 e. The van der Waals surface area contributed by atoms with E-state index in [1.54, 1.807) is 0 Å². The van der Waals surface area contributed by atoms with Crippen LogP contribution in [0.2, 0.25) is 0 Å². The summed E-state index contributed by atoms with van der Waals surface area (Å²) in [5, 5.41) is 10.6. The molecule has 2 unspecified atom stereocenters. The number of phosphoric acid groups is 2. The van der Waals surface area contributed by atoms with Gasteiger partial charge in [-0.1, -0.05) is 394 Å². The van der Waals surface area contributed by atoms with E-state index in [4.69, 9.17) is 37.0 Å². The van der Waals surface area contributed by atoms with Crippen LogP contribution in [0.15, 0.2) is 0 Å². The lowest BCUT2D eigenvalue weighted by atomic mass is 10.0. The van der Waals surface area contributed by atoms with Gasteiger partial charge in [0.05, 0.1) is 26.4 Å². The molecule has 0 saturated carbocycles. The SMILES string of the molecule is CCCCCCCCCCCCCCCCCCCCCCCC(=O)O[C@H](COC(=O)CCCCCCCCCCCCCCCCCC)COP(=O)(O)OC[C@@H](O)COP(=O)(O)OC[C@@H](COC(=O)CCCCCCCCC(C)C)OC(=O)CCCCCCCCCCCCCCCCCC. The molecule has 0 spiro atoms. The van der Waals surface area contributed by atoms with Gasteiger partial charge in [-0.05, 0) is 31.6 Å². The van der Waals surface area contributed by atoms with Crippen LogP contribution in [0.3, 0.4) is 0 Å². The molecular formula is C83H162O17P2. The number of esters is 4. The van der Waals surface area contributed by atoms with Crippen LogP contribution in [-0.4, -0.2) is 96.7 Å². The van der Waals surface area contributed by atoms with Gasteiger partial charge >= 0.3 is 39.5 Å². The molecule has 0 saturated heterocycles. The molecule has 0 bridgehead atoms. The summed E-state index contributed by atoms with van der Waals surface area (Å²) >= 11 is 0. The number of aliphatic hydroxyl groups is 1. The number of aliphatic hydroxyl groups excluding tert-OH is 1. The lowest BCUT2D eigenvalue weighted by molar-refractivity contribution is -0.161. The Morgan fingerprint density at radius 3 is 0.667 bits per heavy atom. The molecule has 3 N–H and O–H groups in total. The predicted molar refractivity (Wildman–Crippen MR) is 418 cm³/mol. The lowest BCUT2D eigenvalue weighted by Gasteiger charge is -2.21. The zero-order valence-electron chi connectivity index (χ0n) is 66.8.